The van der Waals surface area contributed by atoms with Gasteiger partial charge >= 0.3 is 0 Å². The van der Waals surface area contributed by atoms with Crippen molar-refractivity contribution in [2.45, 2.75) is 0 Å². The topological polar surface area (TPSA) is 67.2 Å². The normalized spacial score (nSPS) is 16.3. The molecule has 0 aliphatic carbocycles. The van der Waals surface area contributed by atoms with Crippen LogP contribution in [0.25, 0.3) is 17.3 Å². The van der Waals surface area contributed by atoms with Crippen LogP contribution in [0.4, 0.5) is 0 Å². The molecule has 0 radical (unpaired) electrons. The molecule has 3 rings (SSSR count). The van der Waals surface area contributed by atoms with Gasteiger partial charge in [-0.05, 0) is 18.3 Å². The molecule has 1 aromatic carbocycles. The fourth-order valence-electron chi connectivity index (χ4n) is 2.58. The summed E-state index contributed by atoms with van der Waals surface area (Å²) >= 11 is 5.05. The zero-order valence-corrected chi connectivity index (χ0v) is 14.4. The smallest absolute Gasteiger partial charge is 0.265 e. The summed E-state index contributed by atoms with van der Waals surface area (Å²) in [5, 5.41) is 7.06. The third-order valence-corrected chi connectivity index (χ3v) is 4.02. The van der Waals surface area contributed by atoms with Gasteiger partial charge in [-0.25, -0.2) is 0 Å². The zero-order valence-electron chi connectivity index (χ0n) is 13.6. The Bertz CT molecular complexity index is 899. The molecule has 6 nitrogen and oxygen atoms in total. The number of nitrogens with zero attached hydrogens (tertiary/aromatic N) is 3. The Hall–Kier alpha value is -3.06. The van der Waals surface area contributed by atoms with E-state index in [1.807, 2.05) is 30.3 Å². The van der Waals surface area contributed by atoms with E-state index >= 15 is 0 Å². The summed E-state index contributed by atoms with van der Waals surface area (Å²) in [5.74, 6) is -0.963. The largest absolute Gasteiger partial charge is 0.298 e. The van der Waals surface area contributed by atoms with Crippen LogP contribution < -0.4 is 5.32 Å². The number of carbonyl (C=O) groups excluding carboxylic acids is 2. The summed E-state index contributed by atoms with van der Waals surface area (Å²) in [6, 6.07) is 9.57. The number of hydrogen-bond acceptors (Lipinski definition) is 4. The second kappa shape index (κ2) is 6.82. The molecule has 0 atom stereocenters. The first kappa shape index (κ1) is 16.8. The Morgan fingerprint density at radius 3 is 2.68 bits per heavy atom. The number of benzene rings is 1. The average molecular weight is 352 g/mol. The van der Waals surface area contributed by atoms with Crippen LogP contribution >= 0.6 is 12.2 Å². The second-order valence-corrected chi connectivity index (χ2v) is 5.88. The molecule has 25 heavy (non-hydrogen) atoms. The Balaban J connectivity index is 2.05. The molecule has 0 spiro atoms. The minimum Gasteiger partial charge on any atom is -0.298 e. The number of hydrogen-bond donors (Lipinski definition) is 1. The van der Waals surface area contributed by atoms with Crippen molar-refractivity contribution >= 4 is 35.2 Å². The lowest BCUT2D eigenvalue weighted by atomic mass is 10.0. The van der Waals surface area contributed by atoms with E-state index in [0.29, 0.717) is 11.3 Å². The maximum Gasteiger partial charge on any atom is 0.265 e. The molecular formula is C18H16N4O2S. The number of aryl methyl sites for hydroxylation is 1. The van der Waals surface area contributed by atoms with Crippen LogP contribution in [0.3, 0.4) is 0 Å². The van der Waals surface area contributed by atoms with Crippen molar-refractivity contribution in [3.05, 3.63) is 60.3 Å². The second-order valence-electron chi connectivity index (χ2n) is 5.49. The number of carbonyl (C=O) groups is 2. The third-order valence-electron chi connectivity index (χ3n) is 3.70. The van der Waals surface area contributed by atoms with Gasteiger partial charge in [0.05, 0.1) is 5.69 Å². The first-order chi connectivity index (χ1) is 12.0. The molecule has 1 fully saturated rings. The number of aromatic nitrogens is 2. The van der Waals surface area contributed by atoms with Gasteiger partial charge in [0.2, 0.25) is 0 Å². The summed E-state index contributed by atoms with van der Waals surface area (Å²) in [6.07, 6.45) is 4.87. The van der Waals surface area contributed by atoms with Crippen molar-refractivity contribution < 1.29 is 9.59 Å². The van der Waals surface area contributed by atoms with E-state index in [2.05, 4.69) is 17.0 Å². The summed E-state index contributed by atoms with van der Waals surface area (Å²) in [5.41, 5.74) is 2.29. The van der Waals surface area contributed by atoms with Gasteiger partial charge in [-0.2, -0.15) is 5.10 Å². The Morgan fingerprint density at radius 2 is 2.00 bits per heavy atom. The molecular weight excluding hydrogens is 336 g/mol. The van der Waals surface area contributed by atoms with Crippen LogP contribution in [0, 0.1) is 0 Å². The molecule has 1 N–H and O–H groups in total. The quantitative estimate of drug-likeness (QED) is 0.395. The summed E-state index contributed by atoms with van der Waals surface area (Å²) in [4.78, 5) is 26.2. The van der Waals surface area contributed by atoms with Crippen LogP contribution in [-0.2, 0) is 16.6 Å². The lowest BCUT2D eigenvalue weighted by molar-refractivity contribution is -0.128. The lowest BCUT2D eigenvalue weighted by Crippen LogP contribution is -2.53. The van der Waals surface area contributed by atoms with Gasteiger partial charge < -0.3 is 0 Å². The first-order valence-electron chi connectivity index (χ1n) is 7.60. The molecule has 1 aliphatic heterocycles. The highest BCUT2D eigenvalue weighted by Gasteiger charge is 2.33. The highest BCUT2D eigenvalue weighted by atomic mass is 32.1. The van der Waals surface area contributed by atoms with Crippen LogP contribution in [0.1, 0.15) is 5.56 Å². The van der Waals surface area contributed by atoms with Crippen molar-refractivity contribution in [3.8, 4) is 11.3 Å². The monoisotopic (exact) mass is 352 g/mol. The maximum absolute atomic E-state index is 12.6. The van der Waals surface area contributed by atoms with Crippen molar-refractivity contribution in [3.63, 3.8) is 0 Å². The molecule has 0 bridgehead atoms. The van der Waals surface area contributed by atoms with Crippen LogP contribution in [0.2, 0.25) is 0 Å². The Morgan fingerprint density at radius 1 is 1.28 bits per heavy atom. The molecule has 7 heteroatoms. The van der Waals surface area contributed by atoms with Gasteiger partial charge in [-0.3, -0.25) is 24.5 Å². The average Bonchev–Trinajstić information content (AvgIpc) is 2.97. The minimum atomic E-state index is -0.516. The molecule has 0 saturated carbocycles. The van der Waals surface area contributed by atoms with Crippen LogP contribution in [0.5, 0.6) is 0 Å². The van der Waals surface area contributed by atoms with Gasteiger partial charge in [-0.15, -0.1) is 6.58 Å². The lowest BCUT2D eigenvalue weighted by Gasteiger charge is -2.27. The van der Waals surface area contributed by atoms with E-state index in [1.165, 1.54) is 4.90 Å². The predicted octanol–water partition coefficient (Wildman–Crippen LogP) is 1.90. The van der Waals surface area contributed by atoms with E-state index in [4.69, 9.17) is 12.2 Å². The Labute approximate surface area is 150 Å². The van der Waals surface area contributed by atoms with E-state index < -0.39 is 11.8 Å². The molecule has 1 saturated heterocycles. The molecule has 1 aromatic heterocycles. The molecule has 126 valence electrons. The van der Waals surface area contributed by atoms with Gasteiger partial charge in [0.1, 0.15) is 5.57 Å². The molecule has 2 amide bonds. The molecule has 2 aromatic rings. The van der Waals surface area contributed by atoms with Gasteiger partial charge in [-0.1, -0.05) is 36.4 Å². The fourth-order valence-corrected chi connectivity index (χ4v) is 2.83. The van der Waals surface area contributed by atoms with E-state index in [1.54, 1.807) is 30.1 Å². The molecule has 1 aliphatic rings. The van der Waals surface area contributed by atoms with E-state index in [-0.39, 0.29) is 17.2 Å². The van der Waals surface area contributed by atoms with Crippen molar-refractivity contribution in [1.82, 2.24) is 20.0 Å². The van der Waals surface area contributed by atoms with Crippen molar-refractivity contribution in [2.24, 2.45) is 7.05 Å². The predicted molar refractivity (Wildman–Crippen MR) is 99.3 cm³/mol. The summed E-state index contributed by atoms with van der Waals surface area (Å²) in [6.45, 7) is 3.84. The third kappa shape index (κ3) is 3.27. The van der Waals surface area contributed by atoms with Crippen LogP contribution in [-0.4, -0.2) is 38.2 Å². The van der Waals surface area contributed by atoms with Gasteiger partial charge in [0.15, 0.2) is 5.11 Å². The van der Waals surface area contributed by atoms with Crippen molar-refractivity contribution in [2.75, 3.05) is 6.54 Å². The number of nitrogens with one attached hydrogen (secondary N) is 1. The highest BCUT2D eigenvalue weighted by Crippen LogP contribution is 2.25. The SMILES string of the molecule is C=CCN1C(=O)C(=Cc2cn(C)nc2-c2ccccc2)C(=O)NC1=S. The zero-order chi connectivity index (χ0) is 18.0. The highest BCUT2D eigenvalue weighted by molar-refractivity contribution is 7.80. The number of rotatable bonds is 4. The van der Waals surface area contributed by atoms with Gasteiger partial charge in [0.25, 0.3) is 11.8 Å². The number of thiocarbonyl (C=S) groups is 1. The summed E-state index contributed by atoms with van der Waals surface area (Å²) < 4.78 is 1.64. The van der Waals surface area contributed by atoms with E-state index in [0.717, 1.165) is 5.56 Å². The van der Waals surface area contributed by atoms with Crippen molar-refractivity contribution in [1.29, 1.82) is 0 Å². The number of amides is 2. The maximum atomic E-state index is 12.6. The summed E-state index contributed by atoms with van der Waals surface area (Å²) in [7, 11) is 1.79. The van der Waals surface area contributed by atoms with Gasteiger partial charge in [0, 0.05) is 30.9 Å². The first-order valence-corrected chi connectivity index (χ1v) is 8.01. The standard InChI is InChI=1S/C18H16N4O2S/c1-3-9-22-17(24)14(16(23)19-18(22)25)10-13-11-21(2)20-15(13)12-7-5-4-6-8-12/h3-8,10-11H,1,9H2,2H3,(H,19,23,25). The minimum absolute atomic E-state index is 0.0145. The fraction of sp³-hybridized carbons (Fsp3) is 0.111. The molecule has 0 unspecified atom stereocenters. The Kier molecular flexibility index (Phi) is 4.58. The van der Waals surface area contributed by atoms with Crippen LogP contribution in [0.15, 0.2) is 54.8 Å². The molecule has 2 heterocycles. The van der Waals surface area contributed by atoms with E-state index in [9.17, 15) is 9.59 Å².